The van der Waals surface area contributed by atoms with E-state index in [9.17, 15) is 9.59 Å². The number of ketones is 1. The maximum atomic E-state index is 12.3. The number of aromatic nitrogens is 1. The van der Waals surface area contributed by atoms with Gasteiger partial charge in [0.05, 0.1) is 5.56 Å². The third kappa shape index (κ3) is 2.47. The molecule has 1 heterocycles. The predicted octanol–water partition coefficient (Wildman–Crippen LogP) is 3.62. The van der Waals surface area contributed by atoms with Crippen LogP contribution < -0.4 is 5.73 Å². The van der Waals surface area contributed by atoms with Crippen LogP contribution in [0.15, 0.2) is 60.7 Å². The van der Waals surface area contributed by atoms with Gasteiger partial charge in [0, 0.05) is 23.1 Å². The van der Waals surface area contributed by atoms with E-state index in [2.05, 4.69) is 30.3 Å². The molecule has 4 rings (SSSR count). The molecule has 4 aromatic rings. The third-order valence-electron chi connectivity index (χ3n) is 4.80. The number of primary amides is 1. The normalized spacial score (nSPS) is 11.1. The molecule has 1 amide bonds. The summed E-state index contributed by atoms with van der Waals surface area (Å²) < 4.78 is 2.05. The van der Waals surface area contributed by atoms with Crippen LogP contribution in [0.1, 0.15) is 21.6 Å². The number of hydrogen-bond acceptors (Lipinski definition) is 2. The average molecular weight is 341 g/mol. The van der Waals surface area contributed by atoms with Crippen molar-refractivity contribution in [3.8, 4) is 0 Å². The smallest absolute Gasteiger partial charge is 0.289 e. The summed E-state index contributed by atoms with van der Waals surface area (Å²) in [7, 11) is 0. The molecule has 0 saturated heterocycles. The minimum Gasteiger partial charge on any atom is -0.363 e. The molecule has 1 aromatic heterocycles. The van der Waals surface area contributed by atoms with Crippen molar-refractivity contribution in [1.82, 2.24) is 4.57 Å². The maximum absolute atomic E-state index is 12.3. The lowest BCUT2D eigenvalue weighted by Crippen LogP contribution is -2.23. The van der Waals surface area contributed by atoms with Gasteiger partial charge in [-0.05, 0) is 35.4 Å². The Kier molecular flexibility index (Phi) is 3.81. The maximum Gasteiger partial charge on any atom is 0.289 e. The number of nitrogens with two attached hydrogens (primary N) is 1. The summed E-state index contributed by atoms with van der Waals surface area (Å²) in [5, 5.41) is 2.96. The molecule has 26 heavy (non-hydrogen) atoms. The van der Waals surface area contributed by atoms with Gasteiger partial charge in [-0.15, -0.1) is 0 Å². The first kappa shape index (κ1) is 16.1. The zero-order valence-electron chi connectivity index (χ0n) is 14.3. The zero-order valence-corrected chi connectivity index (χ0v) is 14.3. The highest BCUT2D eigenvalue weighted by molar-refractivity contribution is 6.44. The van der Waals surface area contributed by atoms with Crippen molar-refractivity contribution in [2.24, 2.45) is 5.73 Å². The number of carbonyl (C=O) groups excluding carboxylic acids is 2. The van der Waals surface area contributed by atoms with Gasteiger partial charge in [-0.1, -0.05) is 54.6 Å². The second-order valence-corrected chi connectivity index (χ2v) is 6.31. The monoisotopic (exact) mass is 341 g/mol. The van der Waals surface area contributed by atoms with E-state index in [1.165, 1.54) is 10.8 Å². The van der Waals surface area contributed by atoms with Crippen LogP contribution in [0.25, 0.3) is 21.7 Å². The summed E-state index contributed by atoms with van der Waals surface area (Å²) in [6.07, 6.45) is 0. The second-order valence-electron chi connectivity index (χ2n) is 6.31. The van der Waals surface area contributed by atoms with Crippen LogP contribution in [0, 0.1) is 13.0 Å². The Bertz CT molecular complexity index is 1170. The standard InChI is InChI=1S/C22H17N2O2/c1-14-20(21(25)22(23)26)18-11-4-5-12-19(18)24(14)13-16-9-6-8-15-7-2-3-10-17(15)16/h2-10,12H,13H2,1H3,(H2,23,26). The van der Waals surface area contributed by atoms with Gasteiger partial charge in [0.1, 0.15) is 0 Å². The molecular weight excluding hydrogens is 324 g/mol. The fourth-order valence-corrected chi connectivity index (χ4v) is 3.56. The zero-order chi connectivity index (χ0) is 18.3. The Morgan fingerprint density at radius 3 is 2.62 bits per heavy atom. The van der Waals surface area contributed by atoms with Crippen molar-refractivity contribution in [3.05, 3.63) is 83.6 Å². The topological polar surface area (TPSA) is 65.1 Å². The Morgan fingerprint density at radius 2 is 1.81 bits per heavy atom. The number of amides is 1. The fraction of sp³-hybridized carbons (Fsp3) is 0.0909. The number of fused-ring (bicyclic) bond motifs is 2. The molecule has 127 valence electrons. The summed E-state index contributed by atoms with van der Waals surface area (Å²) in [5.41, 5.74) is 8.32. The summed E-state index contributed by atoms with van der Waals surface area (Å²) in [5.74, 6) is -1.62. The Morgan fingerprint density at radius 1 is 1.04 bits per heavy atom. The van der Waals surface area contributed by atoms with E-state index in [1.54, 1.807) is 6.07 Å². The average Bonchev–Trinajstić information content (AvgIpc) is 2.93. The van der Waals surface area contributed by atoms with Crippen LogP contribution in [-0.4, -0.2) is 16.3 Å². The van der Waals surface area contributed by atoms with Gasteiger partial charge in [-0.25, -0.2) is 0 Å². The number of hydrogen-bond donors (Lipinski definition) is 1. The summed E-state index contributed by atoms with van der Waals surface area (Å²) in [6, 6.07) is 23.0. The lowest BCUT2D eigenvalue weighted by atomic mass is 10.0. The first-order chi connectivity index (χ1) is 12.6. The molecule has 4 nitrogen and oxygen atoms in total. The molecule has 0 bridgehead atoms. The highest BCUT2D eigenvalue weighted by Gasteiger charge is 2.23. The summed E-state index contributed by atoms with van der Waals surface area (Å²) in [6.45, 7) is 2.43. The second kappa shape index (κ2) is 6.15. The van der Waals surface area contributed by atoms with Gasteiger partial charge in [0.15, 0.2) is 0 Å². The van der Waals surface area contributed by atoms with Crippen LogP contribution >= 0.6 is 0 Å². The molecule has 0 aliphatic rings. The van der Waals surface area contributed by atoms with E-state index >= 15 is 0 Å². The predicted molar refractivity (Wildman–Crippen MR) is 102 cm³/mol. The first-order valence-electron chi connectivity index (χ1n) is 8.38. The third-order valence-corrected chi connectivity index (χ3v) is 4.80. The number of nitrogens with zero attached hydrogens (tertiary/aromatic N) is 1. The molecule has 0 atom stereocenters. The lowest BCUT2D eigenvalue weighted by molar-refractivity contribution is -0.114. The minimum absolute atomic E-state index is 0.341. The quantitative estimate of drug-likeness (QED) is 0.455. The molecule has 0 aliphatic heterocycles. The van der Waals surface area contributed by atoms with Gasteiger partial charge in [0.2, 0.25) is 0 Å². The lowest BCUT2D eigenvalue weighted by Gasteiger charge is -2.11. The van der Waals surface area contributed by atoms with E-state index < -0.39 is 11.7 Å². The molecule has 4 heteroatoms. The fourth-order valence-electron chi connectivity index (χ4n) is 3.56. The van der Waals surface area contributed by atoms with E-state index in [4.69, 9.17) is 5.73 Å². The summed E-state index contributed by atoms with van der Waals surface area (Å²) in [4.78, 5) is 23.8. The van der Waals surface area contributed by atoms with Gasteiger partial charge >= 0.3 is 0 Å². The van der Waals surface area contributed by atoms with Crippen molar-refractivity contribution in [1.29, 1.82) is 0 Å². The summed E-state index contributed by atoms with van der Waals surface area (Å²) >= 11 is 0. The van der Waals surface area contributed by atoms with Gasteiger partial charge in [-0.3, -0.25) is 9.59 Å². The molecule has 0 spiro atoms. The molecular formula is C22H17N2O2. The van der Waals surface area contributed by atoms with Crippen LogP contribution in [0.2, 0.25) is 0 Å². The highest BCUT2D eigenvalue weighted by Crippen LogP contribution is 2.28. The van der Waals surface area contributed by atoms with Crippen molar-refractivity contribution in [2.75, 3.05) is 0 Å². The van der Waals surface area contributed by atoms with Gasteiger partial charge in [0.25, 0.3) is 11.7 Å². The minimum atomic E-state index is -0.949. The molecule has 3 aromatic carbocycles. The molecule has 1 radical (unpaired) electrons. The van der Waals surface area contributed by atoms with Crippen LogP contribution in [0.5, 0.6) is 0 Å². The Hall–Kier alpha value is -3.40. The Labute approximate surface area is 150 Å². The molecule has 0 unspecified atom stereocenters. The van der Waals surface area contributed by atoms with E-state index in [0.29, 0.717) is 17.5 Å². The van der Waals surface area contributed by atoms with Crippen molar-refractivity contribution >= 4 is 33.4 Å². The number of carbonyl (C=O) groups is 2. The van der Waals surface area contributed by atoms with Crippen molar-refractivity contribution in [2.45, 2.75) is 13.5 Å². The number of rotatable bonds is 4. The molecule has 0 fully saturated rings. The number of Topliss-reactive ketones (excluding diaryl/α,β-unsaturated/α-hetero) is 1. The molecule has 2 N–H and O–H groups in total. The van der Waals surface area contributed by atoms with Crippen LogP contribution in [-0.2, 0) is 11.3 Å². The Balaban J connectivity index is 1.93. The first-order valence-corrected chi connectivity index (χ1v) is 8.38. The molecule has 0 aliphatic carbocycles. The largest absolute Gasteiger partial charge is 0.363 e. The van der Waals surface area contributed by atoms with E-state index in [1.807, 2.05) is 41.8 Å². The van der Waals surface area contributed by atoms with Crippen molar-refractivity contribution in [3.63, 3.8) is 0 Å². The van der Waals surface area contributed by atoms with E-state index in [-0.39, 0.29) is 0 Å². The van der Waals surface area contributed by atoms with Crippen LogP contribution in [0.3, 0.4) is 0 Å². The SMILES string of the molecule is Cc1c(C(=O)C(N)=O)c2[c]cccc2n1Cc1cccc2ccccc12. The number of benzene rings is 3. The van der Waals surface area contributed by atoms with Gasteiger partial charge in [-0.2, -0.15) is 0 Å². The highest BCUT2D eigenvalue weighted by atomic mass is 16.2. The van der Waals surface area contributed by atoms with Gasteiger partial charge < -0.3 is 10.3 Å². The van der Waals surface area contributed by atoms with Crippen molar-refractivity contribution < 1.29 is 9.59 Å². The molecule has 0 saturated carbocycles. The van der Waals surface area contributed by atoms with E-state index in [0.717, 1.165) is 16.8 Å². The van der Waals surface area contributed by atoms with Crippen LogP contribution in [0.4, 0.5) is 0 Å².